The summed E-state index contributed by atoms with van der Waals surface area (Å²) in [5, 5.41) is 2.16. The van der Waals surface area contributed by atoms with Gasteiger partial charge in [-0.2, -0.15) is 13.2 Å². The summed E-state index contributed by atoms with van der Waals surface area (Å²) in [7, 11) is 0. The molecule has 0 bridgehead atoms. The SMILES string of the molecule is CCCCC(N)C(=O)NCCC(F)(F)F. The lowest BCUT2D eigenvalue weighted by molar-refractivity contribution is -0.135. The summed E-state index contributed by atoms with van der Waals surface area (Å²) >= 11 is 0. The molecule has 3 N–H and O–H groups in total. The number of amides is 1. The Morgan fingerprint density at radius 2 is 2.07 bits per heavy atom. The van der Waals surface area contributed by atoms with Crippen LogP contribution in [0.4, 0.5) is 13.2 Å². The van der Waals surface area contributed by atoms with E-state index in [0.717, 1.165) is 12.8 Å². The molecule has 0 fully saturated rings. The number of hydrogen-bond donors (Lipinski definition) is 2. The normalized spacial score (nSPS) is 13.7. The third-order valence-corrected chi connectivity index (χ3v) is 1.91. The van der Waals surface area contributed by atoms with Crippen LogP contribution in [0.2, 0.25) is 0 Å². The average Bonchev–Trinajstić information content (AvgIpc) is 2.11. The second-order valence-electron chi connectivity index (χ2n) is 3.40. The van der Waals surface area contributed by atoms with Gasteiger partial charge in [-0.1, -0.05) is 19.8 Å². The molecule has 15 heavy (non-hydrogen) atoms. The predicted octanol–water partition coefficient (Wildman–Crippen LogP) is 1.57. The first-order chi connectivity index (χ1) is 6.87. The van der Waals surface area contributed by atoms with Gasteiger partial charge in [0.15, 0.2) is 0 Å². The number of alkyl halides is 3. The van der Waals surface area contributed by atoms with E-state index in [-0.39, 0.29) is 0 Å². The fourth-order valence-corrected chi connectivity index (χ4v) is 1.01. The molecule has 3 nitrogen and oxygen atoms in total. The van der Waals surface area contributed by atoms with Crippen LogP contribution in [0.1, 0.15) is 32.6 Å². The third kappa shape index (κ3) is 8.23. The largest absolute Gasteiger partial charge is 0.390 e. The molecule has 0 radical (unpaired) electrons. The summed E-state index contributed by atoms with van der Waals surface area (Å²) < 4.78 is 35.2. The van der Waals surface area contributed by atoms with Crippen molar-refractivity contribution in [2.75, 3.05) is 6.54 Å². The minimum absolute atomic E-state index is 0.401. The number of rotatable bonds is 6. The minimum Gasteiger partial charge on any atom is -0.354 e. The molecule has 0 rings (SSSR count). The molecule has 90 valence electrons. The molecule has 1 amide bonds. The quantitative estimate of drug-likeness (QED) is 0.722. The first-order valence-electron chi connectivity index (χ1n) is 4.97. The molecule has 0 saturated carbocycles. The first kappa shape index (κ1) is 14.2. The maximum absolute atomic E-state index is 11.7. The molecule has 0 heterocycles. The van der Waals surface area contributed by atoms with Gasteiger partial charge >= 0.3 is 6.18 Å². The van der Waals surface area contributed by atoms with Crippen molar-refractivity contribution in [2.45, 2.75) is 44.8 Å². The highest BCUT2D eigenvalue weighted by Crippen LogP contribution is 2.18. The molecule has 6 heteroatoms. The third-order valence-electron chi connectivity index (χ3n) is 1.91. The standard InChI is InChI=1S/C9H17F3N2O/c1-2-3-4-7(13)8(15)14-6-5-9(10,11)12/h7H,2-6,13H2,1H3,(H,14,15). The van der Waals surface area contributed by atoms with E-state index in [1.807, 2.05) is 6.92 Å². The van der Waals surface area contributed by atoms with Crippen LogP contribution in [-0.4, -0.2) is 24.7 Å². The van der Waals surface area contributed by atoms with E-state index in [1.54, 1.807) is 0 Å². The van der Waals surface area contributed by atoms with Crippen molar-refractivity contribution in [1.82, 2.24) is 5.32 Å². The average molecular weight is 226 g/mol. The summed E-state index contributed by atoms with van der Waals surface area (Å²) in [6, 6.07) is -0.696. The summed E-state index contributed by atoms with van der Waals surface area (Å²) in [5.74, 6) is -0.507. The van der Waals surface area contributed by atoms with E-state index in [9.17, 15) is 18.0 Å². The van der Waals surface area contributed by atoms with Crippen LogP contribution < -0.4 is 11.1 Å². The van der Waals surface area contributed by atoms with Gasteiger partial charge in [0.25, 0.3) is 0 Å². The van der Waals surface area contributed by atoms with Gasteiger partial charge in [0.2, 0.25) is 5.91 Å². The fourth-order valence-electron chi connectivity index (χ4n) is 1.01. The topological polar surface area (TPSA) is 55.1 Å². The number of hydrogen-bond acceptors (Lipinski definition) is 2. The van der Waals surface area contributed by atoms with E-state index in [0.29, 0.717) is 6.42 Å². The van der Waals surface area contributed by atoms with Gasteiger partial charge < -0.3 is 11.1 Å². The van der Waals surface area contributed by atoms with Crippen molar-refractivity contribution in [3.63, 3.8) is 0 Å². The van der Waals surface area contributed by atoms with Crippen LogP contribution in [0.15, 0.2) is 0 Å². The molecular weight excluding hydrogens is 209 g/mol. The summed E-state index contributed by atoms with van der Waals surface area (Å²) in [6.45, 7) is 1.55. The second kappa shape index (κ2) is 6.66. The molecular formula is C9H17F3N2O. The van der Waals surface area contributed by atoms with Crippen LogP contribution in [0, 0.1) is 0 Å². The number of nitrogens with two attached hydrogens (primary N) is 1. The van der Waals surface area contributed by atoms with Crippen molar-refractivity contribution in [2.24, 2.45) is 5.73 Å². The summed E-state index contributed by atoms with van der Waals surface area (Å²) in [6.07, 6.45) is -3.04. The molecule has 1 atom stereocenters. The van der Waals surface area contributed by atoms with Gasteiger partial charge in [0.05, 0.1) is 12.5 Å². The Labute approximate surface area is 87.2 Å². The lowest BCUT2D eigenvalue weighted by Crippen LogP contribution is -2.41. The van der Waals surface area contributed by atoms with Crippen LogP contribution >= 0.6 is 0 Å². The van der Waals surface area contributed by atoms with Crippen LogP contribution in [0.3, 0.4) is 0 Å². The van der Waals surface area contributed by atoms with Gasteiger partial charge in [-0.25, -0.2) is 0 Å². The number of carbonyl (C=O) groups excluding carboxylic acids is 1. The minimum atomic E-state index is -4.24. The van der Waals surface area contributed by atoms with Crippen molar-refractivity contribution >= 4 is 5.91 Å². The van der Waals surface area contributed by atoms with E-state index in [2.05, 4.69) is 5.32 Å². The van der Waals surface area contributed by atoms with E-state index >= 15 is 0 Å². The van der Waals surface area contributed by atoms with Crippen LogP contribution in [0.25, 0.3) is 0 Å². The molecule has 0 aliphatic heterocycles. The Kier molecular flexibility index (Phi) is 6.31. The van der Waals surface area contributed by atoms with Gasteiger partial charge in [0, 0.05) is 6.54 Å². The number of unbranched alkanes of at least 4 members (excludes halogenated alkanes) is 1. The molecule has 0 aromatic carbocycles. The predicted molar refractivity (Wildman–Crippen MR) is 51.2 cm³/mol. The Morgan fingerprint density at radius 1 is 1.47 bits per heavy atom. The molecule has 0 aromatic rings. The van der Waals surface area contributed by atoms with Gasteiger partial charge in [0.1, 0.15) is 0 Å². The lowest BCUT2D eigenvalue weighted by Gasteiger charge is -2.12. The van der Waals surface area contributed by atoms with Crippen LogP contribution in [-0.2, 0) is 4.79 Å². The zero-order valence-electron chi connectivity index (χ0n) is 8.73. The molecule has 0 aliphatic rings. The number of carbonyl (C=O) groups is 1. The van der Waals surface area contributed by atoms with Crippen LogP contribution in [0.5, 0.6) is 0 Å². The highest BCUT2D eigenvalue weighted by Gasteiger charge is 2.26. The van der Waals surface area contributed by atoms with Gasteiger partial charge in [-0.15, -0.1) is 0 Å². The Bertz CT molecular complexity index is 194. The van der Waals surface area contributed by atoms with Crippen molar-refractivity contribution in [3.05, 3.63) is 0 Å². The Balaban J connectivity index is 3.64. The molecule has 0 saturated heterocycles. The molecule has 0 aromatic heterocycles. The monoisotopic (exact) mass is 226 g/mol. The maximum atomic E-state index is 11.7. The molecule has 1 unspecified atom stereocenters. The first-order valence-corrected chi connectivity index (χ1v) is 4.97. The molecule has 0 aliphatic carbocycles. The Hall–Kier alpha value is -0.780. The maximum Gasteiger partial charge on any atom is 0.390 e. The lowest BCUT2D eigenvalue weighted by atomic mass is 10.1. The van der Waals surface area contributed by atoms with E-state index in [4.69, 9.17) is 5.73 Å². The number of halogens is 3. The zero-order chi connectivity index (χ0) is 11.9. The second-order valence-corrected chi connectivity index (χ2v) is 3.40. The van der Waals surface area contributed by atoms with E-state index < -0.39 is 31.1 Å². The highest BCUT2D eigenvalue weighted by atomic mass is 19.4. The Morgan fingerprint density at radius 3 is 2.53 bits per heavy atom. The zero-order valence-corrected chi connectivity index (χ0v) is 8.73. The summed E-state index contributed by atoms with van der Waals surface area (Å²) in [4.78, 5) is 11.1. The van der Waals surface area contributed by atoms with Crippen molar-refractivity contribution < 1.29 is 18.0 Å². The highest BCUT2D eigenvalue weighted by molar-refractivity contribution is 5.81. The summed E-state index contributed by atoms with van der Waals surface area (Å²) in [5.41, 5.74) is 5.46. The van der Waals surface area contributed by atoms with Crippen molar-refractivity contribution in [3.8, 4) is 0 Å². The van der Waals surface area contributed by atoms with E-state index in [1.165, 1.54) is 0 Å². The van der Waals surface area contributed by atoms with Crippen molar-refractivity contribution in [1.29, 1.82) is 0 Å². The van der Waals surface area contributed by atoms with Gasteiger partial charge in [-0.3, -0.25) is 4.79 Å². The number of nitrogens with one attached hydrogen (secondary N) is 1. The van der Waals surface area contributed by atoms with Gasteiger partial charge in [-0.05, 0) is 6.42 Å². The fraction of sp³-hybridized carbons (Fsp3) is 0.889. The smallest absolute Gasteiger partial charge is 0.354 e. The molecule has 0 spiro atoms.